The summed E-state index contributed by atoms with van der Waals surface area (Å²) in [5.41, 5.74) is 2.50. The van der Waals surface area contributed by atoms with E-state index in [0.717, 1.165) is 28.9 Å². The van der Waals surface area contributed by atoms with Crippen molar-refractivity contribution < 1.29 is 13.2 Å². The van der Waals surface area contributed by atoms with Crippen LogP contribution in [0.4, 0.5) is 5.13 Å². The van der Waals surface area contributed by atoms with Crippen LogP contribution >= 0.6 is 34.5 Å². The summed E-state index contributed by atoms with van der Waals surface area (Å²) in [7, 11) is -3.82. The van der Waals surface area contributed by atoms with E-state index in [-0.39, 0.29) is 26.6 Å². The van der Waals surface area contributed by atoms with Gasteiger partial charge in [-0.05, 0) is 43.5 Å². The number of nitrogens with one attached hydrogen (secondary N) is 2. The second kappa shape index (κ2) is 9.84. The molecule has 2 aromatic carbocycles. The molecule has 1 heterocycles. The van der Waals surface area contributed by atoms with Crippen molar-refractivity contribution in [1.29, 1.82) is 0 Å². The Kier molecular flexibility index (Phi) is 7.43. The van der Waals surface area contributed by atoms with Gasteiger partial charge in [0.05, 0.1) is 10.6 Å². The average Bonchev–Trinajstić information content (AvgIpc) is 3.15. The number of benzene rings is 2. The molecular formula is C19H18Cl2N4O3S2. The molecule has 3 rings (SSSR count). The van der Waals surface area contributed by atoms with E-state index in [1.165, 1.54) is 18.2 Å². The Morgan fingerprint density at radius 3 is 2.67 bits per heavy atom. The minimum absolute atomic E-state index is 0.0474. The first-order chi connectivity index (χ1) is 14.2. The van der Waals surface area contributed by atoms with Crippen molar-refractivity contribution in [3.05, 3.63) is 69.2 Å². The number of anilines is 1. The number of sulfonamides is 1. The highest BCUT2D eigenvalue weighted by Crippen LogP contribution is 2.24. The standard InChI is InChI=1S/C19H18Cl2N4O3S2/c1-12-4-2-5-13(10-12)6-3-9-22-30(27,28)19-25-24-18(29-19)23-17(26)15-8-7-14(20)11-16(15)21/h2,4-5,7-8,10-11,22H,3,6,9H2,1H3,(H,23,24,26). The molecule has 0 aliphatic rings. The minimum Gasteiger partial charge on any atom is -0.296 e. The minimum atomic E-state index is -3.82. The number of amides is 1. The Hall–Kier alpha value is -2.04. The van der Waals surface area contributed by atoms with Gasteiger partial charge in [-0.1, -0.05) is 64.4 Å². The number of halogens is 2. The topological polar surface area (TPSA) is 101 Å². The quantitative estimate of drug-likeness (QED) is 0.366. The van der Waals surface area contributed by atoms with Crippen molar-refractivity contribution in [2.45, 2.75) is 24.1 Å². The number of carbonyl (C=O) groups is 1. The zero-order valence-electron chi connectivity index (χ0n) is 15.9. The molecule has 0 aliphatic carbocycles. The molecule has 30 heavy (non-hydrogen) atoms. The lowest BCUT2D eigenvalue weighted by Crippen LogP contribution is -2.25. The third kappa shape index (κ3) is 5.99. The van der Waals surface area contributed by atoms with Crippen molar-refractivity contribution in [1.82, 2.24) is 14.9 Å². The number of hydrogen-bond acceptors (Lipinski definition) is 6. The number of hydrogen-bond donors (Lipinski definition) is 2. The molecule has 11 heteroatoms. The van der Waals surface area contributed by atoms with Gasteiger partial charge in [-0.25, -0.2) is 13.1 Å². The van der Waals surface area contributed by atoms with Gasteiger partial charge in [0.25, 0.3) is 15.9 Å². The van der Waals surface area contributed by atoms with Crippen LogP contribution in [0.1, 0.15) is 27.9 Å². The summed E-state index contributed by atoms with van der Waals surface area (Å²) in [4.78, 5) is 12.3. The summed E-state index contributed by atoms with van der Waals surface area (Å²) in [6, 6.07) is 12.5. The van der Waals surface area contributed by atoms with Crippen LogP contribution in [0.25, 0.3) is 0 Å². The molecule has 0 saturated carbocycles. The Labute approximate surface area is 188 Å². The third-order valence-electron chi connectivity index (χ3n) is 4.05. The Morgan fingerprint density at radius 2 is 1.93 bits per heavy atom. The van der Waals surface area contributed by atoms with E-state index in [1.807, 2.05) is 25.1 Å². The maximum Gasteiger partial charge on any atom is 0.269 e. The highest BCUT2D eigenvalue weighted by molar-refractivity contribution is 7.91. The Morgan fingerprint density at radius 1 is 1.13 bits per heavy atom. The molecular weight excluding hydrogens is 467 g/mol. The van der Waals surface area contributed by atoms with Crippen LogP contribution in [0.5, 0.6) is 0 Å². The van der Waals surface area contributed by atoms with Crippen molar-refractivity contribution in [3.63, 3.8) is 0 Å². The van der Waals surface area contributed by atoms with E-state index in [4.69, 9.17) is 23.2 Å². The lowest BCUT2D eigenvalue weighted by Gasteiger charge is -2.05. The smallest absolute Gasteiger partial charge is 0.269 e. The molecule has 0 unspecified atom stereocenters. The van der Waals surface area contributed by atoms with Crippen LogP contribution in [0.2, 0.25) is 10.0 Å². The van der Waals surface area contributed by atoms with Gasteiger partial charge in [0.1, 0.15) is 0 Å². The molecule has 2 N–H and O–H groups in total. The van der Waals surface area contributed by atoms with Gasteiger partial charge >= 0.3 is 0 Å². The van der Waals surface area contributed by atoms with Gasteiger partial charge in [-0.2, -0.15) is 0 Å². The number of aromatic nitrogens is 2. The normalized spacial score (nSPS) is 11.4. The Bertz CT molecular complexity index is 1170. The van der Waals surface area contributed by atoms with Gasteiger partial charge < -0.3 is 0 Å². The summed E-state index contributed by atoms with van der Waals surface area (Å²) >= 11 is 12.6. The molecule has 0 fully saturated rings. The molecule has 0 aliphatic heterocycles. The van der Waals surface area contributed by atoms with Crippen LogP contribution in [0.3, 0.4) is 0 Å². The fourth-order valence-electron chi connectivity index (χ4n) is 2.64. The lowest BCUT2D eigenvalue weighted by atomic mass is 10.1. The summed E-state index contributed by atoms with van der Waals surface area (Å²) in [5.74, 6) is -0.539. The number of nitrogens with zero attached hydrogens (tertiary/aromatic N) is 2. The summed E-state index contributed by atoms with van der Waals surface area (Å²) in [6.07, 6.45) is 1.39. The zero-order valence-corrected chi connectivity index (χ0v) is 19.0. The van der Waals surface area contributed by atoms with Gasteiger partial charge in [-0.15, -0.1) is 10.2 Å². The first-order valence-corrected chi connectivity index (χ1v) is 12.0. The monoisotopic (exact) mass is 484 g/mol. The molecule has 158 valence electrons. The second-order valence-electron chi connectivity index (χ2n) is 6.44. The number of rotatable bonds is 8. The van der Waals surface area contributed by atoms with Crippen LogP contribution in [-0.4, -0.2) is 31.1 Å². The van der Waals surface area contributed by atoms with Gasteiger partial charge in [0.2, 0.25) is 9.47 Å². The predicted octanol–water partition coefficient (Wildman–Crippen LogP) is 4.32. The molecule has 0 radical (unpaired) electrons. The highest BCUT2D eigenvalue weighted by Gasteiger charge is 2.21. The lowest BCUT2D eigenvalue weighted by molar-refractivity contribution is 0.102. The van der Waals surface area contributed by atoms with Crippen LogP contribution in [0.15, 0.2) is 46.8 Å². The summed E-state index contributed by atoms with van der Waals surface area (Å²) in [5, 5.41) is 10.5. The third-order valence-corrected chi connectivity index (χ3v) is 7.26. The van der Waals surface area contributed by atoms with E-state index in [1.54, 1.807) is 0 Å². The molecule has 0 atom stereocenters. The van der Waals surface area contributed by atoms with Crippen LogP contribution in [-0.2, 0) is 16.4 Å². The van der Waals surface area contributed by atoms with Crippen molar-refractivity contribution >= 4 is 55.6 Å². The maximum absolute atomic E-state index is 12.4. The molecule has 0 saturated heterocycles. The molecule has 0 spiro atoms. The van der Waals surface area contributed by atoms with E-state index in [0.29, 0.717) is 11.4 Å². The van der Waals surface area contributed by atoms with Crippen LogP contribution < -0.4 is 10.0 Å². The van der Waals surface area contributed by atoms with Crippen LogP contribution in [0, 0.1) is 6.92 Å². The molecule has 1 aromatic heterocycles. The first-order valence-electron chi connectivity index (χ1n) is 8.90. The molecule has 0 bridgehead atoms. The van der Waals surface area contributed by atoms with Crippen molar-refractivity contribution in [2.24, 2.45) is 0 Å². The molecule has 7 nitrogen and oxygen atoms in total. The second-order valence-corrected chi connectivity index (χ2v) is 10.2. The molecule has 1 amide bonds. The largest absolute Gasteiger partial charge is 0.296 e. The summed E-state index contributed by atoms with van der Waals surface area (Å²) in [6.45, 7) is 2.27. The van der Waals surface area contributed by atoms with E-state index in [9.17, 15) is 13.2 Å². The maximum atomic E-state index is 12.4. The summed E-state index contributed by atoms with van der Waals surface area (Å²) < 4.78 is 27.1. The van der Waals surface area contributed by atoms with E-state index in [2.05, 4.69) is 26.3 Å². The van der Waals surface area contributed by atoms with E-state index < -0.39 is 15.9 Å². The highest BCUT2D eigenvalue weighted by atomic mass is 35.5. The van der Waals surface area contributed by atoms with Gasteiger partial charge in [-0.3, -0.25) is 10.1 Å². The molecule has 3 aromatic rings. The number of carbonyl (C=O) groups excluding carboxylic acids is 1. The fraction of sp³-hybridized carbons (Fsp3) is 0.211. The average molecular weight is 485 g/mol. The fourth-order valence-corrected chi connectivity index (χ4v) is 5.14. The van der Waals surface area contributed by atoms with E-state index >= 15 is 0 Å². The number of aryl methyl sites for hydroxylation is 2. The van der Waals surface area contributed by atoms with Crippen molar-refractivity contribution in [2.75, 3.05) is 11.9 Å². The van der Waals surface area contributed by atoms with Gasteiger partial charge in [0.15, 0.2) is 0 Å². The first kappa shape index (κ1) is 22.6. The predicted molar refractivity (Wildman–Crippen MR) is 119 cm³/mol. The SMILES string of the molecule is Cc1cccc(CCCNS(=O)(=O)c2nnc(NC(=O)c3ccc(Cl)cc3Cl)s2)c1. The zero-order chi connectivity index (χ0) is 21.7. The van der Waals surface area contributed by atoms with Crippen molar-refractivity contribution in [3.8, 4) is 0 Å². The Balaban J connectivity index is 1.56. The van der Waals surface area contributed by atoms with Gasteiger partial charge in [0, 0.05) is 11.6 Å².